The number of nitrogens with one attached hydrogen (secondary N) is 3. The number of Topliss-reactive ketones (excluding diaryl/α,β-unsaturated/α-hetero) is 1. The van der Waals surface area contributed by atoms with Gasteiger partial charge in [0, 0.05) is 82.4 Å². The van der Waals surface area contributed by atoms with Gasteiger partial charge >= 0.3 is 5.97 Å². The molecular weight excluding hydrogens is 815 g/mol. The summed E-state index contributed by atoms with van der Waals surface area (Å²) in [7, 11) is 4.62. The standard InChI is InChI=1S/C12H15NS2.C10H16N2O2S.C7H13NO2.C7H12O3.C6H9NO2/c1-3-12(15)8-10-4-6-11(7-5-10)13-9(2)14;1-7(11)4-3-5-15-8-6-9(13)12(2)10(8)14;1-5(6(2)9)4-7(10)8-3;1-3-6(8)5(2)4-7(9)10;1-4-3-5(8)7(2)6(4)9/h4-7H,3,8H2,1-2H3,(H,13,14);8,11H,3-6H2,1-2H3;5,9H,2,4H2,1,3H3,(H,8,10);5H,3-4H2,1-2H3,(H,9,10);4H,3H2,1-2H3. The number of carbonyl (C=O) groups excluding carboxylic acids is 6. The van der Waals surface area contributed by atoms with Gasteiger partial charge in [-0.05, 0) is 61.4 Å². The molecule has 0 aliphatic carbocycles. The smallest absolute Gasteiger partial charge is 0.304 e. The van der Waals surface area contributed by atoms with Crippen LogP contribution in [0, 0.1) is 23.2 Å². The Bertz CT molecular complexity index is 1640. The van der Waals surface area contributed by atoms with Gasteiger partial charge < -0.3 is 26.3 Å². The Morgan fingerprint density at radius 1 is 0.915 bits per heavy atom. The number of anilines is 1. The van der Waals surface area contributed by atoms with Gasteiger partial charge in [-0.1, -0.05) is 77.8 Å². The number of likely N-dealkylation sites (tertiary alicyclic amines) is 2. The molecule has 0 saturated carbocycles. The number of hydrogen-bond donors (Lipinski definition) is 5. The van der Waals surface area contributed by atoms with E-state index in [0.717, 1.165) is 47.0 Å². The number of hydrogen-bond acceptors (Lipinski definition) is 12. The molecule has 1 aromatic rings. The fraction of sp³-hybridized carbons (Fsp3) is 0.571. The predicted octanol–water partition coefficient (Wildman–Crippen LogP) is 6.98. The molecular formula is C42H65N5O9S3. The molecule has 0 radical (unpaired) electrons. The normalized spacial score (nSPS) is 16.3. The topological polar surface area (TPSA) is 214 Å². The molecule has 1 aromatic carbocycles. The fourth-order valence-corrected chi connectivity index (χ4v) is 6.28. The van der Waals surface area contributed by atoms with Crippen molar-refractivity contribution < 1.29 is 43.8 Å². The lowest BCUT2D eigenvalue weighted by molar-refractivity contribution is -0.140. The van der Waals surface area contributed by atoms with Crippen molar-refractivity contribution in [2.45, 2.75) is 112 Å². The van der Waals surface area contributed by atoms with E-state index < -0.39 is 5.97 Å². The number of thiocarbonyl (C=S) groups is 2. The Kier molecular flexibility index (Phi) is 29.5. The van der Waals surface area contributed by atoms with Crippen molar-refractivity contribution in [1.29, 1.82) is 5.41 Å². The molecule has 5 N–H and O–H groups in total. The van der Waals surface area contributed by atoms with Crippen molar-refractivity contribution in [1.82, 2.24) is 15.1 Å². The third-order valence-corrected chi connectivity index (χ3v) is 10.6. The summed E-state index contributed by atoms with van der Waals surface area (Å²) < 4.78 is 0. The Hall–Kier alpha value is -4.35. The molecule has 59 heavy (non-hydrogen) atoms. The first-order valence-electron chi connectivity index (χ1n) is 19.4. The maximum absolute atomic E-state index is 11.5. The third-order valence-electron chi connectivity index (χ3n) is 8.75. The number of nitrogens with zero attached hydrogens (tertiary/aromatic N) is 2. The highest BCUT2D eigenvalue weighted by atomic mass is 32.2. The quantitative estimate of drug-likeness (QED) is 0.0373. The molecule has 2 fully saturated rings. The molecule has 2 saturated heterocycles. The van der Waals surface area contributed by atoms with Crippen molar-refractivity contribution in [3.8, 4) is 0 Å². The predicted molar refractivity (Wildman–Crippen MR) is 244 cm³/mol. The molecule has 14 nitrogen and oxygen atoms in total. The van der Waals surface area contributed by atoms with Gasteiger partial charge in [0.15, 0.2) is 0 Å². The van der Waals surface area contributed by atoms with Gasteiger partial charge in [-0.15, -0.1) is 11.8 Å². The summed E-state index contributed by atoms with van der Waals surface area (Å²) in [5.74, 6) is -0.925. The number of aliphatic hydroxyl groups excluding tert-OH is 1. The second-order valence-electron chi connectivity index (χ2n) is 14.2. The van der Waals surface area contributed by atoms with E-state index in [9.17, 15) is 33.6 Å². The molecule has 4 unspecified atom stereocenters. The van der Waals surface area contributed by atoms with E-state index in [-0.39, 0.29) is 70.5 Å². The van der Waals surface area contributed by atoms with Crippen LogP contribution >= 0.6 is 36.2 Å². The second-order valence-corrected chi connectivity index (χ2v) is 16.7. The van der Waals surface area contributed by atoms with E-state index in [1.807, 2.05) is 19.1 Å². The fourth-order valence-electron chi connectivity index (χ4n) is 4.84. The Labute approximate surface area is 365 Å². The zero-order valence-corrected chi connectivity index (χ0v) is 38.7. The number of thioether (sulfide) groups is 1. The van der Waals surface area contributed by atoms with E-state index >= 15 is 0 Å². The number of benzene rings is 1. The minimum Gasteiger partial charge on any atom is -0.513 e. The zero-order chi connectivity index (χ0) is 46.0. The number of ketones is 1. The summed E-state index contributed by atoms with van der Waals surface area (Å²) in [6.07, 6.45) is 4.93. The summed E-state index contributed by atoms with van der Waals surface area (Å²) >= 11 is 11.7. The van der Waals surface area contributed by atoms with Crippen LogP contribution < -0.4 is 10.6 Å². The van der Waals surface area contributed by atoms with Crippen LogP contribution in [0.1, 0.15) is 105 Å². The molecule has 4 atom stereocenters. The minimum atomic E-state index is -0.908. The van der Waals surface area contributed by atoms with Crippen molar-refractivity contribution in [2.75, 3.05) is 32.2 Å². The van der Waals surface area contributed by atoms with Gasteiger partial charge in [-0.3, -0.25) is 43.4 Å². The molecule has 0 bridgehead atoms. The summed E-state index contributed by atoms with van der Waals surface area (Å²) in [6.45, 7) is 16.0. The lowest BCUT2D eigenvalue weighted by Crippen LogP contribution is -2.26. The number of aliphatic carboxylic acids is 1. The molecule has 2 aliphatic heterocycles. The number of carboxylic acid groups (broad SMARTS) is 1. The first-order chi connectivity index (χ1) is 27.4. The Morgan fingerprint density at radius 2 is 1.46 bits per heavy atom. The van der Waals surface area contributed by atoms with Crippen molar-refractivity contribution >= 4 is 98.7 Å². The monoisotopic (exact) mass is 879 g/mol. The largest absolute Gasteiger partial charge is 0.513 e. The highest BCUT2D eigenvalue weighted by Gasteiger charge is 2.36. The van der Waals surface area contributed by atoms with E-state index in [1.54, 1.807) is 41.7 Å². The third kappa shape index (κ3) is 25.7. The maximum atomic E-state index is 11.5. The lowest BCUT2D eigenvalue weighted by Gasteiger charge is -2.07. The number of imide groups is 2. The van der Waals surface area contributed by atoms with Crippen LogP contribution in [0.2, 0.25) is 0 Å². The average Bonchev–Trinajstić information content (AvgIpc) is 3.55. The van der Waals surface area contributed by atoms with Crippen molar-refractivity contribution in [2.24, 2.45) is 17.8 Å². The van der Waals surface area contributed by atoms with Gasteiger partial charge in [0.2, 0.25) is 29.5 Å². The van der Waals surface area contributed by atoms with E-state index in [4.69, 9.17) is 40.1 Å². The molecule has 5 amide bonds. The second kappa shape index (κ2) is 30.7. The number of carbonyl (C=O) groups is 7. The maximum Gasteiger partial charge on any atom is 0.304 e. The number of carboxylic acids is 1. The molecule has 3 rings (SSSR count). The summed E-state index contributed by atoms with van der Waals surface area (Å²) in [4.78, 5) is 80.0. The number of aliphatic hydroxyl groups is 1. The Balaban J connectivity index is 0. The molecule has 0 spiro atoms. The number of rotatable bonds is 16. The lowest BCUT2D eigenvalue weighted by atomic mass is 10.0. The van der Waals surface area contributed by atoms with Crippen LogP contribution in [0.15, 0.2) is 36.6 Å². The van der Waals surface area contributed by atoms with Gasteiger partial charge in [0.25, 0.3) is 0 Å². The van der Waals surface area contributed by atoms with E-state index in [2.05, 4.69) is 36.3 Å². The number of amides is 5. The van der Waals surface area contributed by atoms with Crippen LogP contribution in [0.4, 0.5) is 5.69 Å². The number of allylic oxidation sites excluding steroid dienone is 1. The minimum absolute atomic E-state index is 0.0161. The molecule has 0 aromatic heterocycles. The van der Waals surface area contributed by atoms with Gasteiger partial charge in [-0.2, -0.15) is 0 Å². The van der Waals surface area contributed by atoms with Gasteiger partial charge in [0.1, 0.15) is 5.78 Å². The first-order valence-corrected chi connectivity index (χ1v) is 21.3. The van der Waals surface area contributed by atoms with E-state index in [1.165, 1.54) is 41.2 Å². The van der Waals surface area contributed by atoms with E-state index in [0.29, 0.717) is 31.4 Å². The van der Waals surface area contributed by atoms with Crippen LogP contribution in [-0.2, 0) is 40.0 Å². The highest BCUT2D eigenvalue weighted by molar-refractivity contribution is 8.00. The molecule has 330 valence electrons. The molecule has 2 heterocycles. The SMILES string of the molecule is C=C(O)C(C)CC(=O)NC.CC(=N)CCCSC1CC(=O)N(C)C1=O.CC1CC(=O)N(C)C1=O.CCC(=O)C(C)CC(=O)O.CCC(=S)Cc1ccc(NC(C)=S)cc1. The van der Waals surface area contributed by atoms with Crippen molar-refractivity contribution in [3.05, 3.63) is 42.2 Å². The van der Waals surface area contributed by atoms with Gasteiger partial charge in [-0.25, -0.2) is 0 Å². The zero-order valence-electron chi connectivity index (χ0n) is 36.3. The van der Waals surface area contributed by atoms with Crippen LogP contribution in [0.5, 0.6) is 0 Å². The highest BCUT2D eigenvalue weighted by Crippen LogP contribution is 2.25. The molecule has 17 heteroatoms. The van der Waals surface area contributed by atoms with Crippen molar-refractivity contribution in [3.63, 3.8) is 0 Å². The first kappa shape index (κ1) is 56.7. The summed E-state index contributed by atoms with van der Waals surface area (Å²) in [6, 6.07) is 8.23. The molecule has 2 aliphatic rings. The van der Waals surface area contributed by atoms with Crippen LogP contribution in [0.3, 0.4) is 0 Å². The van der Waals surface area contributed by atoms with Gasteiger partial charge in [0.05, 0.1) is 22.4 Å². The van der Waals surface area contributed by atoms with Crippen LogP contribution in [-0.4, -0.2) is 109 Å². The summed E-state index contributed by atoms with van der Waals surface area (Å²) in [5, 5.41) is 29.7. The Morgan fingerprint density at radius 3 is 1.81 bits per heavy atom. The average molecular weight is 880 g/mol. The van der Waals surface area contributed by atoms with Crippen LogP contribution in [0.25, 0.3) is 0 Å². The summed E-state index contributed by atoms with van der Waals surface area (Å²) in [5.41, 5.74) is 2.96.